The van der Waals surface area contributed by atoms with E-state index in [1.165, 1.54) is 15.8 Å². The molecular formula is C30H43N3O7. The van der Waals surface area contributed by atoms with Crippen molar-refractivity contribution in [3.05, 3.63) is 35.5 Å². The predicted octanol–water partition coefficient (Wildman–Crippen LogP) is 4.48. The van der Waals surface area contributed by atoms with Crippen molar-refractivity contribution < 1.29 is 33.2 Å². The summed E-state index contributed by atoms with van der Waals surface area (Å²) in [6, 6.07) is 6.55. The van der Waals surface area contributed by atoms with Crippen LogP contribution in [0.2, 0.25) is 0 Å². The minimum atomic E-state index is -0.856. The molecule has 10 nitrogen and oxygen atoms in total. The second kappa shape index (κ2) is 9.87. The first-order valence-electron chi connectivity index (χ1n) is 14.0. The van der Waals surface area contributed by atoms with E-state index in [0.29, 0.717) is 12.3 Å². The minimum absolute atomic E-state index is 0.0303. The standard InChI is InChI=1S/C30H43N3O7/c1-27(2,3)18-11-17(12-19(13-18)28(4,5)6)20-14-33(32-31-20)15-22(34)36-24-23(21-16-35-29(7,8)38-21)37-26-25(24)39-30(9,10)40-26/h11-14,21,23-26H,15-16H2,1-10H3/t21-,23-,24+,25-,26-/m1/s1. The molecule has 0 amide bonds. The molecule has 2 aromatic rings. The summed E-state index contributed by atoms with van der Waals surface area (Å²) in [5.41, 5.74) is 4.03. The number of hydrogen-bond acceptors (Lipinski definition) is 9. The van der Waals surface area contributed by atoms with E-state index in [0.717, 1.165) is 5.56 Å². The Kier molecular flexibility index (Phi) is 7.19. The first kappa shape index (κ1) is 29.1. The maximum atomic E-state index is 13.2. The highest BCUT2D eigenvalue weighted by atomic mass is 16.8. The van der Waals surface area contributed by atoms with Crippen LogP contribution in [-0.2, 0) is 50.6 Å². The number of fused-ring (bicyclic) bond motifs is 1. The molecule has 3 fully saturated rings. The minimum Gasteiger partial charge on any atom is -0.455 e. The second-order valence-corrected chi connectivity index (χ2v) is 14.0. The molecule has 40 heavy (non-hydrogen) atoms. The molecular weight excluding hydrogens is 514 g/mol. The number of carbonyl (C=O) groups is 1. The monoisotopic (exact) mass is 557 g/mol. The predicted molar refractivity (Wildman–Crippen MR) is 146 cm³/mol. The number of ether oxygens (including phenoxy) is 6. The van der Waals surface area contributed by atoms with E-state index < -0.39 is 48.2 Å². The molecule has 4 heterocycles. The van der Waals surface area contributed by atoms with Crippen molar-refractivity contribution in [3.8, 4) is 11.3 Å². The lowest BCUT2D eigenvalue weighted by Gasteiger charge is -2.28. The summed E-state index contributed by atoms with van der Waals surface area (Å²) in [4.78, 5) is 13.2. The van der Waals surface area contributed by atoms with Crippen LogP contribution in [0.1, 0.15) is 80.4 Å². The number of esters is 1. The van der Waals surface area contributed by atoms with E-state index in [2.05, 4.69) is 70.1 Å². The van der Waals surface area contributed by atoms with Crippen molar-refractivity contribution in [2.24, 2.45) is 0 Å². The fraction of sp³-hybridized carbons (Fsp3) is 0.700. The molecule has 0 radical (unpaired) electrons. The van der Waals surface area contributed by atoms with Gasteiger partial charge < -0.3 is 28.4 Å². The van der Waals surface area contributed by atoms with Crippen molar-refractivity contribution in [1.29, 1.82) is 0 Å². The summed E-state index contributed by atoms with van der Waals surface area (Å²) in [5, 5.41) is 8.61. The van der Waals surface area contributed by atoms with Gasteiger partial charge in [0.1, 0.15) is 24.4 Å². The van der Waals surface area contributed by atoms with Gasteiger partial charge in [0.25, 0.3) is 0 Å². The molecule has 1 aromatic carbocycles. The summed E-state index contributed by atoms with van der Waals surface area (Å²) in [7, 11) is 0. The molecule has 3 aliphatic heterocycles. The number of carbonyl (C=O) groups excluding carboxylic acids is 1. The van der Waals surface area contributed by atoms with Gasteiger partial charge in [-0.1, -0.05) is 52.8 Å². The third-order valence-electron chi connectivity index (χ3n) is 7.48. The van der Waals surface area contributed by atoms with Gasteiger partial charge in [0.2, 0.25) is 0 Å². The van der Waals surface area contributed by atoms with Crippen LogP contribution >= 0.6 is 0 Å². The molecule has 0 aliphatic carbocycles. The van der Waals surface area contributed by atoms with Crippen molar-refractivity contribution in [2.45, 2.75) is 129 Å². The topological polar surface area (TPSA) is 103 Å². The van der Waals surface area contributed by atoms with Crippen LogP contribution < -0.4 is 0 Å². The highest BCUT2D eigenvalue weighted by Gasteiger charge is 2.60. The van der Waals surface area contributed by atoms with Crippen LogP contribution in [0, 0.1) is 0 Å². The lowest BCUT2D eigenvalue weighted by molar-refractivity contribution is -0.235. The molecule has 3 saturated heterocycles. The van der Waals surface area contributed by atoms with Gasteiger partial charge >= 0.3 is 5.97 Å². The fourth-order valence-corrected chi connectivity index (χ4v) is 5.29. The van der Waals surface area contributed by atoms with Crippen LogP contribution in [0.3, 0.4) is 0 Å². The Labute approximate surface area is 236 Å². The van der Waals surface area contributed by atoms with E-state index in [9.17, 15) is 4.79 Å². The Balaban J connectivity index is 1.33. The quantitative estimate of drug-likeness (QED) is 0.492. The fourth-order valence-electron chi connectivity index (χ4n) is 5.29. The number of hydrogen-bond donors (Lipinski definition) is 0. The first-order chi connectivity index (χ1) is 18.4. The lowest BCUT2D eigenvalue weighted by Crippen LogP contribution is -2.45. The molecule has 0 bridgehead atoms. The molecule has 220 valence electrons. The summed E-state index contributed by atoms with van der Waals surface area (Å²) in [6.45, 7) is 20.6. The van der Waals surface area contributed by atoms with E-state index in [4.69, 9.17) is 28.4 Å². The van der Waals surface area contributed by atoms with Crippen LogP contribution in [0.4, 0.5) is 0 Å². The average Bonchev–Trinajstić information content (AvgIpc) is 3.56. The average molecular weight is 558 g/mol. The van der Waals surface area contributed by atoms with Crippen LogP contribution in [0.25, 0.3) is 11.3 Å². The van der Waals surface area contributed by atoms with E-state index in [1.54, 1.807) is 20.0 Å². The largest absolute Gasteiger partial charge is 0.455 e. The maximum absolute atomic E-state index is 13.2. The van der Waals surface area contributed by atoms with Crippen LogP contribution in [-0.4, -0.2) is 69.9 Å². The highest BCUT2D eigenvalue weighted by molar-refractivity contribution is 5.70. The van der Waals surface area contributed by atoms with E-state index in [1.807, 2.05) is 13.8 Å². The first-order valence-corrected chi connectivity index (χ1v) is 14.0. The molecule has 0 N–H and O–H groups in total. The third kappa shape index (κ3) is 6.11. The SMILES string of the molecule is CC1(C)O[C@H]2O[C@H]([C@H]3COC(C)(C)O3)[C@H](OC(=O)Cn3cc(-c4cc(C(C)(C)C)cc(C(C)(C)C)c4)nn3)[C@H]2O1. The zero-order chi connectivity index (χ0) is 29.3. The summed E-state index contributed by atoms with van der Waals surface area (Å²) < 4.78 is 37.3. The zero-order valence-electron chi connectivity index (χ0n) is 25.3. The second-order valence-electron chi connectivity index (χ2n) is 14.0. The molecule has 10 heteroatoms. The van der Waals surface area contributed by atoms with Crippen LogP contribution in [0.5, 0.6) is 0 Å². The Hall–Kier alpha value is -2.37. The molecule has 0 saturated carbocycles. The normalized spacial score (nSPS) is 29.5. The van der Waals surface area contributed by atoms with Gasteiger partial charge in [-0.2, -0.15) is 0 Å². The Morgan fingerprint density at radius 2 is 1.60 bits per heavy atom. The lowest BCUT2D eigenvalue weighted by atomic mass is 9.79. The van der Waals surface area contributed by atoms with Gasteiger partial charge in [0, 0.05) is 5.56 Å². The van der Waals surface area contributed by atoms with Gasteiger partial charge in [-0.25, -0.2) is 4.68 Å². The molecule has 1 aromatic heterocycles. The Morgan fingerprint density at radius 3 is 2.17 bits per heavy atom. The van der Waals surface area contributed by atoms with Crippen molar-refractivity contribution >= 4 is 5.97 Å². The smallest absolute Gasteiger partial charge is 0.328 e. The van der Waals surface area contributed by atoms with Gasteiger partial charge in [-0.05, 0) is 61.8 Å². The molecule has 3 aliphatic rings. The Morgan fingerprint density at radius 1 is 0.950 bits per heavy atom. The number of rotatable bonds is 5. The van der Waals surface area contributed by atoms with Crippen molar-refractivity contribution in [3.63, 3.8) is 0 Å². The molecule has 0 spiro atoms. The molecule has 0 unspecified atom stereocenters. The van der Waals surface area contributed by atoms with Gasteiger partial charge in [-0.3, -0.25) is 4.79 Å². The molecule has 5 rings (SSSR count). The summed E-state index contributed by atoms with van der Waals surface area (Å²) >= 11 is 0. The van der Waals surface area contributed by atoms with Crippen LogP contribution in [0.15, 0.2) is 24.4 Å². The van der Waals surface area contributed by atoms with E-state index in [-0.39, 0.29) is 17.4 Å². The third-order valence-corrected chi connectivity index (χ3v) is 7.48. The molecule has 5 atom stereocenters. The number of benzene rings is 1. The number of aromatic nitrogens is 3. The van der Waals surface area contributed by atoms with E-state index >= 15 is 0 Å². The number of nitrogens with zero attached hydrogens (tertiary/aromatic N) is 3. The zero-order valence-corrected chi connectivity index (χ0v) is 25.3. The highest BCUT2D eigenvalue weighted by Crippen LogP contribution is 2.42. The van der Waals surface area contributed by atoms with Gasteiger partial charge in [-0.15, -0.1) is 5.10 Å². The summed E-state index contributed by atoms with van der Waals surface area (Å²) in [5.74, 6) is -2.10. The summed E-state index contributed by atoms with van der Waals surface area (Å²) in [6.07, 6.45) is -1.25. The van der Waals surface area contributed by atoms with Crippen molar-refractivity contribution in [2.75, 3.05) is 6.61 Å². The Bertz CT molecular complexity index is 1220. The van der Waals surface area contributed by atoms with Crippen molar-refractivity contribution in [1.82, 2.24) is 15.0 Å². The maximum Gasteiger partial charge on any atom is 0.328 e. The van der Waals surface area contributed by atoms with Gasteiger partial charge in [0.15, 0.2) is 30.1 Å². The van der Waals surface area contributed by atoms with Gasteiger partial charge in [0.05, 0.1) is 12.8 Å².